The lowest BCUT2D eigenvalue weighted by Gasteiger charge is -2.37. The summed E-state index contributed by atoms with van der Waals surface area (Å²) in [6.07, 6.45) is 6.35. The molecule has 0 spiro atoms. The van der Waals surface area contributed by atoms with Crippen molar-refractivity contribution in [3.05, 3.63) is 29.1 Å². The highest BCUT2D eigenvalue weighted by Gasteiger charge is 2.25. The molecule has 0 amide bonds. The number of aryl methyl sites for hydroxylation is 1. The van der Waals surface area contributed by atoms with E-state index >= 15 is 0 Å². The van der Waals surface area contributed by atoms with Gasteiger partial charge in [-0.1, -0.05) is 13.3 Å². The molecule has 1 fully saturated rings. The van der Waals surface area contributed by atoms with Gasteiger partial charge >= 0.3 is 0 Å². The molecular weight excluding hydrogens is 263 g/mol. The predicted octanol–water partition coefficient (Wildman–Crippen LogP) is 4.56. The maximum atomic E-state index is 13.8. The molecule has 0 radical (unpaired) electrons. The molecule has 0 aromatic heterocycles. The normalized spacial score (nSPS) is 23.9. The van der Waals surface area contributed by atoms with E-state index in [4.69, 9.17) is 5.73 Å². The Kier molecular flexibility index (Phi) is 5.26. The first kappa shape index (κ1) is 16.3. The number of anilines is 1. The quantitative estimate of drug-likeness (QED) is 0.881. The van der Waals surface area contributed by atoms with Gasteiger partial charge in [0.15, 0.2) is 0 Å². The molecule has 2 N–H and O–H groups in total. The number of hydrogen-bond acceptors (Lipinski definition) is 2. The lowest BCUT2D eigenvalue weighted by molar-refractivity contribution is 0.313. The van der Waals surface area contributed by atoms with E-state index in [2.05, 4.69) is 18.9 Å². The molecule has 1 aromatic carbocycles. The Hall–Kier alpha value is -1.09. The molecule has 1 saturated carbocycles. The molecule has 1 aliphatic rings. The van der Waals surface area contributed by atoms with E-state index in [9.17, 15) is 4.39 Å². The van der Waals surface area contributed by atoms with Crippen molar-refractivity contribution < 1.29 is 4.39 Å². The molecule has 21 heavy (non-hydrogen) atoms. The third-order valence-corrected chi connectivity index (χ3v) is 5.12. The van der Waals surface area contributed by atoms with Crippen LogP contribution in [0, 0.1) is 18.7 Å². The maximum Gasteiger partial charge on any atom is 0.126 e. The van der Waals surface area contributed by atoms with Crippen LogP contribution in [0.4, 0.5) is 10.1 Å². The number of nitrogens with two attached hydrogens (primary N) is 1. The van der Waals surface area contributed by atoms with E-state index in [1.54, 1.807) is 6.07 Å². The number of rotatable bonds is 4. The van der Waals surface area contributed by atoms with Gasteiger partial charge in [0, 0.05) is 24.8 Å². The number of halogens is 1. The zero-order valence-electron chi connectivity index (χ0n) is 13.8. The number of hydrogen-bond donors (Lipinski definition) is 1. The zero-order valence-corrected chi connectivity index (χ0v) is 13.8. The van der Waals surface area contributed by atoms with Gasteiger partial charge in [-0.05, 0) is 68.7 Å². The Morgan fingerprint density at radius 3 is 2.43 bits per heavy atom. The van der Waals surface area contributed by atoms with Crippen molar-refractivity contribution in [2.45, 2.75) is 65.0 Å². The third-order valence-electron chi connectivity index (χ3n) is 5.12. The molecule has 0 heterocycles. The van der Waals surface area contributed by atoms with Crippen LogP contribution in [0.1, 0.15) is 63.1 Å². The average Bonchev–Trinajstić information content (AvgIpc) is 2.48. The maximum absolute atomic E-state index is 13.8. The van der Waals surface area contributed by atoms with E-state index in [0.717, 1.165) is 17.2 Å². The lowest BCUT2D eigenvalue weighted by Crippen LogP contribution is -2.36. The molecule has 2 rings (SSSR count). The second-order valence-corrected chi connectivity index (χ2v) is 6.64. The minimum atomic E-state index is -0.158. The molecule has 1 atom stereocenters. The summed E-state index contributed by atoms with van der Waals surface area (Å²) in [5.74, 6) is 0.728. The van der Waals surface area contributed by atoms with Crippen molar-refractivity contribution in [3.63, 3.8) is 0 Å². The highest BCUT2D eigenvalue weighted by Crippen LogP contribution is 2.34. The van der Waals surface area contributed by atoms with Crippen LogP contribution in [0.3, 0.4) is 0 Å². The van der Waals surface area contributed by atoms with E-state index in [1.165, 1.54) is 32.1 Å². The molecule has 0 unspecified atom stereocenters. The zero-order chi connectivity index (χ0) is 15.6. The van der Waals surface area contributed by atoms with E-state index in [0.29, 0.717) is 11.6 Å². The van der Waals surface area contributed by atoms with Gasteiger partial charge in [-0.3, -0.25) is 0 Å². The van der Waals surface area contributed by atoms with Crippen LogP contribution < -0.4 is 10.6 Å². The van der Waals surface area contributed by atoms with E-state index < -0.39 is 0 Å². The van der Waals surface area contributed by atoms with Gasteiger partial charge in [-0.25, -0.2) is 4.39 Å². The topological polar surface area (TPSA) is 29.3 Å². The van der Waals surface area contributed by atoms with Crippen LogP contribution >= 0.6 is 0 Å². The highest BCUT2D eigenvalue weighted by molar-refractivity contribution is 5.57. The predicted molar refractivity (Wildman–Crippen MR) is 88.2 cm³/mol. The molecule has 0 saturated heterocycles. The van der Waals surface area contributed by atoms with Crippen molar-refractivity contribution in [1.82, 2.24) is 0 Å². The van der Waals surface area contributed by atoms with Crippen LogP contribution in [0.15, 0.2) is 12.1 Å². The second-order valence-electron chi connectivity index (χ2n) is 6.64. The van der Waals surface area contributed by atoms with Crippen molar-refractivity contribution >= 4 is 5.69 Å². The summed E-state index contributed by atoms with van der Waals surface area (Å²) >= 11 is 0. The fourth-order valence-corrected chi connectivity index (χ4v) is 3.49. The first-order valence-corrected chi connectivity index (χ1v) is 8.22. The van der Waals surface area contributed by atoms with Gasteiger partial charge < -0.3 is 10.6 Å². The van der Waals surface area contributed by atoms with Crippen molar-refractivity contribution in [1.29, 1.82) is 0 Å². The minimum absolute atomic E-state index is 0.149. The summed E-state index contributed by atoms with van der Waals surface area (Å²) in [6.45, 7) is 6.04. The molecule has 0 bridgehead atoms. The molecular formula is C18H29FN2. The van der Waals surface area contributed by atoms with E-state index in [-0.39, 0.29) is 11.9 Å². The van der Waals surface area contributed by atoms with Crippen LogP contribution in [-0.4, -0.2) is 13.1 Å². The van der Waals surface area contributed by atoms with Crippen molar-refractivity contribution in [2.24, 2.45) is 11.7 Å². The van der Waals surface area contributed by atoms with E-state index in [1.807, 2.05) is 19.9 Å². The van der Waals surface area contributed by atoms with Gasteiger partial charge in [0.25, 0.3) is 0 Å². The fourth-order valence-electron chi connectivity index (χ4n) is 3.49. The van der Waals surface area contributed by atoms with Crippen molar-refractivity contribution in [2.75, 3.05) is 11.9 Å². The monoisotopic (exact) mass is 292 g/mol. The standard InChI is InChI=1S/C18H29FN2/c1-5-14-6-8-15(9-7-14)21(4)18-10-12(2)17(19)11-16(18)13(3)20/h10-11,13-15H,5-9,20H2,1-4H3/t13-,14?,15?/m0/s1. The SMILES string of the molecule is CCC1CCC(N(C)c2cc(C)c(F)cc2[C@H](C)N)CC1. The van der Waals surface area contributed by atoms with Gasteiger partial charge in [0.1, 0.15) is 5.82 Å². The minimum Gasteiger partial charge on any atom is -0.371 e. The summed E-state index contributed by atoms with van der Waals surface area (Å²) in [6, 6.07) is 3.98. The highest BCUT2D eigenvalue weighted by atomic mass is 19.1. The Morgan fingerprint density at radius 2 is 1.90 bits per heavy atom. The second kappa shape index (κ2) is 6.78. The number of benzene rings is 1. The Labute approximate surface area is 128 Å². The van der Waals surface area contributed by atoms with Crippen LogP contribution in [-0.2, 0) is 0 Å². The molecule has 1 aromatic rings. The molecule has 3 heteroatoms. The summed E-state index contributed by atoms with van der Waals surface area (Å²) in [5.41, 5.74) is 8.76. The Bertz CT molecular complexity index is 476. The Balaban J connectivity index is 2.22. The molecule has 1 aliphatic carbocycles. The summed E-state index contributed by atoms with van der Waals surface area (Å²) in [5, 5.41) is 0. The first-order valence-electron chi connectivity index (χ1n) is 8.22. The first-order chi connectivity index (χ1) is 9.93. The van der Waals surface area contributed by atoms with Crippen LogP contribution in [0.5, 0.6) is 0 Å². The summed E-state index contributed by atoms with van der Waals surface area (Å²) < 4.78 is 13.8. The smallest absolute Gasteiger partial charge is 0.126 e. The van der Waals surface area contributed by atoms with Gasteiger partial charge in [0.05, 0.1) is 0 Å². The van der Waals surface area contributed by atoms with Gasteiger partial charge in [0.2, 0.25) is 0 Å². The van der Waals surface area contributed by atoms with Crippen LogP contribution in [0.25, 0.3) is 0 Å². The Morgan fingerprint density at radius 1 is 1.29 bits per heavy atom. The van der Waals surface area contributed by atoms with Gasteiger partial charge in [-0.2, -0.15) is 0 Å². The molecule has 0 aliphatic heterocycles. The lowest BCUT2D eigenvalue weighted by atomic mass is 9.83. The third kappa shape index (κ3) is 3.57. The summed E-state index contributed by atoms with van der Waals surface area (Å²) in [7, 11) is 2.13. The average molecular weight is 292 g/mol. The van der Waals surface area contributed by atoms with Crippen molar-refractivity contribution in [3.8, 4) is 0 Å². The molecule has 2 nitrogen and oxygen atoms in total. The fraction of sp³-hybridized carbons (Fsp3) is 0.667. The largest absolute Gasteiger partial charge is 0.371 e. The van der Waals surface area contributed by atoms with Gasteiger partial charge in [-0.15, -0.1) is 0 Å². The van der Waals surface area contributed by atoms with Crippen LogP contribution in [0.2, 0.25) is 0 Å². The summed E-state index contributed by atoms with van der Waals surface area (Å²) in [4.78, 5) is 2.33. The number of nitrogens with zero attached hydrogens (tertiary/aromatic N) is 1. The molecule has 118 valence electrons.